The van der Waals surface area contributed by atoms with Gasteiger partial charge in [0.2, 0.25) is 0 Å². The predicted octanol–water partition coefficient (Wildman–Crippen LogP) is 3.75. The van der Waals surface area contributed by atoms with Gasteiger partial charge in [0.25, 0.3) is 5.91 Å². The Morgan fingerprint density at radius 1 is 1.46 bits per heavy atom. The molecule has 0 aliphatic heterocycles. The van der Waals surface area contributed by atoms with Crippen molar-refractivity contribution < 1.29 is 13.9 Å². The van der Waals surface area contributed by atoms with E-state index in [4.69, 9.17) is 14.4 Å². The van der Waals surface area contributed by atoms with Crippen LogP contribution in [0.4, 0.5) is 5.13 Å². The number of ether oxygens (including phenoxy) is 1. The molecule has 0 aliphatic carbocycles. The molecule has 0 bridgehead atoms. The summed E-state index contributed by atoms with van der Waals surface area (Å²) in [5.41, 5.74) is 1.12. The van der Waals surface area contributed by atoms with Crippen molar-refractivity contribution in [3.8, 4) is 11.8 Å². The van der Waals surface area contributed by atoms with Gasteiger partial charge in [-0.2, -0.15) is 5.26 Å². The second-order valence-electron chi connectivity index (χ2n) is 4.93. The maximum atomic E-state index is 12.3. The highest BCUT2D eigenvalue weighted by atomic mass is 32.1. The summed E-state index contributed by atoms with van der Waals surface area (Å²) in [5, 5.41) is 12.1. The first-order chi connectivity index (χ1) is 11.7. The van der Waals surface area contributed by atoms with E-state index in [-0.39, 0.29) is 18.3 Å². The van der Waals surface area contributed by atoms with E-state index < -0.39 is 0 Å². The fourth-order valence-electron chi connectivity index (χ4n) is 2.03. The predicted molar refractivity (Wildman–Crippen MR) is 89.0 cm³/mol. The van der Waals surface area contributed by atoms with Gasteiger partial charge in [-0.1, -0.05) is 6.07 Å². The number of nitrogens with one attached hydrogen (secondary N) is 1. The van der Waals surface area contributed by atoms with E-state index in [1.807, 2.05) is 6.92 Å². The van der Waals surface area contributed by atoms with Crippen molar-refractivity contribution in [2.75, 3.05) is 5.32 Å². The first-order valence-electron chi connectivity index (χ1n) is 7.09. The van der Waals surface area contributed by atoms with E-state index >= 15 is 0 Å². The minimum atomic E-state index is -0.376. The molecule has 0 fully saturated rings. The Morgan fingerprint density at radius 2 is 2.33 bits per heavy atom. The Morgan fingerprint density at radius 3 is 3.08 bits per heavy atom. The van der Waals surface area contributed by atoms with Gasteiger partial charge in [0.05, 0.1) is 17.9 Å². The Kier molecular flexibility index (Phi) is 4.59. The largest absolute Gasteiger partial charge is 0.489 e. The third-order valence-corrected chi connectivity index (χ3v) is 3.98. The molecule has 0 unspecified atom stereocenters. The number of aromatic nitrogens is 1. The standard InChI is InChI=1S/C17H13N3O3S/c1-11-9-19-17(24-11)20-16(21)15-13(5-6-22-15)10-23-14-4-2-3-12(7-14)8-18/h2-7,9H,10H2,1H3,(H,19,20,21). The number of thiazole rings is 1. The minimum Gasteiger partial charge on any atom is -0.489 e. The molecule has 2 heterocycles. The highest BCUT2D eigenvalue weighted by Crippen LogP contribution is 2.20. The van der Waals surface area contributed by atoms with E-state index in [9.17, 15) is 4.79 Å². The number of nitriles is 1. The average Bonchev–Trinajstić information content (AvgIpc) is 3.22. The molecule has 1 amide bonds. The fraction of sp³-hybridized carbons (Fsp3) is 0.118. The normalized spacial score (nSPS) is 10.2. The summed E-state index contributed by atoms with van der Waals surface area (Å²) in [6.07, 6.45) is 3.13. The van der Waals surface area contributed by atoms with Crippen molar-refractivity contribution in [3.05, 3.63) is 64.6 Å². The summed E-state index contributed by atoms with van der Waals surface area (Å²) in [6.45, 7) is 2.07. The number of carbonyl (C=O) groups is 1. The number of nitrogens with zero attached hydrogens (tertiary/aromatic N) is 2. The average molecular weight is 339 g/mol. The zero-order chi connectivity index (χ0) is 16.9. The lowest BCUT2D eigenvalue weighted by Crippen LogP contribution is -2.13. The molecule has 7 heteroatoms. The fourth-order valence-corrected chi connectivity index (χ4v) is 2.69. The van der Waals surface area contributed by atoms with Gasteiger partial charge in [-0.15, -0.1) is 11.3 Å². The topological polar surface area (TPSA) is 88.2 Å². The molecule has 3 aromatic rings. The van der Waals surface area contributed by atoms with Crippen LogP contribution < -0.4 is 10.1 Å². The maximum absolute atomic E-state index is 12.3. The van der Waals surface area contributed by atoms with Crippen LogP contribution in [0.2, 0.25) is 0 Å². The van der Waals surface area contributed by atoms with Crippen LogP contribution in [0.1, 0.15) is 26.6 Å². The molecule has 0 saturated carbocycles. The number of hydrogen-bond donors (Lipinski definition) is 1. The lowest BCUT2D eigenvalue weighted by Gasteiger charge is -2.06. The first-order valence-corrected chi connectivity index (χ1v) is 7.90. The number of amides is 1. The first kappa shape index (κ1) is 15.8. The van der Waals surface area contributed by atoms with Gasteiger partial charge in [0.15, 0.2) is 10.9 Å². The summed E-state index contributed by atoms with van der Waals surface area (Å²) in [5.74, 6) is 0.357. The highest BCUT2D eigenvalue weighted by molar-refractivity contribution is 7.15. The Bertz CT molecular complexity index is 908. The smallest absolute Gasteiger partial charge is 0.293 e. The number of rotatable bonds is 5. The number of aryl methyl sites for hydroxylation is 1. The quantitative estimate of drug-likeness (QED) is 0.765. The Hall–Kier alpha value is -3.11. The van der Waals surface area contributed by atoms with Crippen molar-refractivity contribution in [2.45, 2.75) is 13.5 Å². The second-order valence-corrected chi connectivity index (χ2v) is 6.17. The van der Waals surface area contributed by atoms with E-state index in [0.717, 1.165) is 4.88 Å². The van der Waals surface area contributed by atoms with E-state index in [2.05, 4.69) is 16.4 Å². The van der Waals surface area contributed by atoms with Crippen LogP contribution in [0.3, 0.4) is 0 Å². The van der Waals surface area contributed by atoms with Gasteiger partial charge in [-0.05, 0) is 31.2 Å². The number of benzene rings is 1. The SMILES string of the molecule is Cc1cnc(NC(=O)c2occc2COc2cccc(C#N)c2)s1. The molecule has 24 heavy (non-hydrogen) atoms. The van der Waals surface area contributed by atoms with Crippen LogP contribution in [0.15, 0.2) is 47.2 Å². The van der Waals surface area contributed by atoms with Crippen LogP contribution in [0.5, 0.6) is 5.75 Å². The minimum absolute atomic E-state index is 0.158. The molecule has 0 spiro atoms. The van der Waals surface area contributed by atoms with Crippen LogP contribution in [0, 0.1) is 18.3 Å². The molecule has 0 saturated heterocycles. The van der Waals surface area contributed by atoms with Gasteiger partial charge in [-0.3, -0.25) is 10.1 Å². The Balaban J connectivity index is 1.68. The van der Waals surface area contributed by atoms with Crippen LogP contribution in [0.25, 0.3) is 0 Å². The van der Waals surface area contributed by atoms with E-state index in [1.54, 1.807) is 36.5 Å². The number of carbonyl (C=O) groups excluding carboxylic acids is 1. The third-order valence-electron chi connectivity index (χ3n) is 3.15. The third kappa shape index (κ3) is 3.62. The van der Waals surface area contributed by atoms with E-state index in [1.165, 1.54) is 17.6 Å². The summed E-state index contributed by atoms with van der Waals surface area (Å²) >= 11 is 1.39. The number of hydrogen-bond acceptors (Lipinski definition) is 6. The molecule has 1 aromatic carbocycles. The molecule has 0 radical (unpaired) electrons. The number of anilines is 1. The van der Waals surface area contributed by atoms with E-state index in [0.29, 0.717) is 22.0 Å². The molecule has 2 aromatic heterocycles. The van der Waals surface area contributed by atoms with Gasteiger partial charge in [-0.25, -0.2) is 4.98 Å². The van der Waals surface area contributed by atoms with Crippen LogP contribution in [-0.2, 0) is 6.61 Å². The summed E-state index contributed by atoms with van der Waals surface area (Å²) in [6, 6.07) is 10.5. The molecule has 120 valence electrons. The molecule has 1 N–H and O–H groups in total. The highest BCUT2D eigenvalue weighted by Gasteiger charge is 2.17. The zero-order valence-electron chi connectivity index (χ0n) is 12.8. The number of furan rings is 1. The molecule has 3 rings (SSSR count). The molecular formula is C17H13N3O3S. The van der Waals surface area contributed by atoms with Crippen molar-refractivity contribution in [1.82, 2.24) is 4.98 Å². The van der Waals surface area contributed by atoms with Crippen molar-refractivity contribution in [2.24, 2.45) is 0 Å². The zero-order valence-corrected chi connectivity index (χ0v) is 13.6. The van der Waals surface area contributed by atoms with Crippen molar-refractivity contribution in [1.29, 1.82) is 5.26 Å². The van der Waals surface area contributed by atoms with Gasteiger partial charge in [0.1, 0.15) is 12.4 Å². The van der Waals surface area contributed by atoms with Gasteiger partial charge >= 0.3 is 0 Å². The lowest BCUT2D eigenvalue weighted by molar-refractivity contribution is 0.0993. The van der Waals surface area contributed by atoms with Crippen LogP contribution in [-0.4, -0.2) is 10.9 Å². The summed E-state index contributed by atoms with van der Waals surface area (Å²) in [7, 11) is 0. The molecule has 0 atom stereocenters. The van der Waals surface area contributed by atoms with Crippen molar-refractivity contribution >= 4 is 22.4 Å². The van der Waals surface area contributed by atoms with Crippen LogP contribution >= 0.6 is 11.3 Å². The Labute approximate surface area is 142 Å². The maximum Gasteiger partial charge on any atom is 0.293 e. The van der Waals surface area contributed by atoms with Gasteiger partial charge in [0, 0.05) is 16.6 Å². The van der Waals surface area contributed by atoms with Gasteiger partial charge < -0.3 is 9.15 Å². The van der Waals surface area contributed by atoms with Crippen molar-refractivity contribution in [3.63, 3.8) is 0 Å². The summed E-state index contributed by atoms with van der Waals surface area (Å²) < 4.78 is 10.9. The summed E-state index contributed by atoms with van der Waals surface area (Å²) in [4.78, 5) is 17.4. The molecule has 0 aliphatic rings. The molecular weight excluding hydrogens is 326 g/mol. The monoisotopic (exact) mass is 339 g/mol. The lowest BCUT2D eigenvalue weighted by atomic mass is 10.2. The second kappa shape index (κ2) is 6.98. The molecule has 6 nitrogen and oxygen atoms in total.